The number of ether oxygens (including phenoxy) is 1. The molecule has 1 fully saturated rings. The molecule has 28 heavy (non-hydrogen) atoms. The fourth-order valence-corrected chi connectivity index (χ4v) is 3.68. The smallest absolute Gasteiger partial charge is 0.416 e. The molecule has 3 rings (SSSR count). The van der Waals surface area contributed by atoms with Gasteiger partial charge >= 0.3 is 6.18 Å². The lowest BCUT2D eigenvalue weighted by molar-refractivity contribution is -0.137. The molecule has 0 radical (unpaired) electrons. The highest BCUT2D eigenvalue weighted by molar-refractivity contribution is 7.99. The number of carbonyl (C=O) groups excluding carboxylic acids is 1. The Kier molecular flexibility index (Phi) is 5.94. The average Bonchev–Trinajstić information content (AvgIpc) is 2.68. The molecule has 2 aromatic rings. The summed E-state index contributed by atoms with van der Waals surface area (Å²) in [7, 11) is 0. The van der Waals surface area contributed by atoms with Crippen LogP contribution in [0.3, 0.4) is 0 Å². The lowest BCUT2D eigenvalue weighted by atomic mass is 10.1. The summed E-state index contributed by atoms with van der Waals surface area (Å²) in [4.78, 5) is 16.3. The van der Waals surface area contributed by atoms with Gasteiger partial charge < -0.3 is 20.1 Å². The maximum atomic E-state index is 12.6. The van der Waals surface area contributed by atoms with Gasteiger partial charge in [0.15, 0.2) is 5.44 Å². The highest BCUT2D eigenvalue weighted by atomic mass is 32.2. The summed E-state index contributed by atoms with van der Waals surface area (Å²) in [6, 6.07) is 6.59. The fourth-order valence-electron chi connectivity index (χ4n) is 2.56. The van der Waals surface area contributed by atoms with Crippen molar-refractivity contribution in [3.63, 3.8) is 0 Å². The number of carbonyl (C=O) groups is 1. The number of pyridine rings is 1. The van der Waals surface area contributed by atoms with Gasteiger partial charge in [0.25, 0.3) is 0 Å². The van der Waals surface area contributed by atoms with E-state index < -0.39 is 41.3 Å². The Morgan fingerprint density at radius 3 is 2.32 bits per heavy atom. The number of ketones is 1. The third-order valence-electron chi connectivity index (χ3n) is 4.15. The maximum Gasteiger partial charge on any atom is 0.416 e. The standard InChI is InChI=1S/C18H16F3NO5S/c19-18(20,21)10-3-1-9(2-4-10)14(24)12-6-5-11(7-22-12)27-17-16(26)15(25)13(23)8-28-17/h1-7,13,15-17,23,25-26H,8H2/t13-,15+,16-,17-/m1/s1. The summed E-state index contributed by atoms with van der Waals surface area (Å²) in [6.45, 7) is 0. The first kappa shape index (κ1) is 20.6. The second kappa shape index (κ2) is 8.08. The van der Waals surface area contributed by atoms with E-state index in [1.807, 2.05) is 0 Å². The highest BCUT2D eigenvalue weighted by Gasteiger charge is 2.38. The molecule has 0 unspecified atom stereocenters. The first-order valence-electron chi connectivity index (χ1n) is 8.17. The molecule has 3 N–H and O–H groups in total. The molecule has 2 heterocycles. The molecular formula is C18H16F3NO5S. The third kappa shape index (κ3) is 4.46. The Morgan fingerprint density at radius 1 is 1.07 bits per heavy atom. The number of nitrogens with zero attached hydrogens (tertiary/aromatic N) is 1. The van der Waals surface area contributed by atoms with E-state index in [1.165, 1.54) is 18.3 Å². The van der Waals surface area contributed by atoms with E-state index >= 15 is 0 Å². The molecule has 10 heteroatoms. The van der Waals surface area contributed by atoms with Crippen LogP contribution in [0.1, 0.15) is 21.6 Å². The number of benzene rings is 1. The van der Waals surface area contributed by atoms with Gasteiger partial charge in [0, 0.05) is 11.3 Å². The van der Waals surface area contributed by atoms with Crippen LogP contribution < -0.4 is 4.74 Å². The van der Waals surface area contributed by atoms with Crippen LogP contribution >= 0.6 is 11.8 Å². The first-order valence-corrected chi connectivity index (χ1v) is 9.22. The van der Waals surface area contributed by atoms with Gasteiger partial charge in [-0.15, -0.1) is 11.8 Å². The fraction of sp³-hybridized carbons (Fsp3) is 0.333. The molecule has 1 aromatic carbocycles. The molecule has 0 bridgehead atoms. The van der Waals surface area contributed by atoms with E-state index in [0.29, 0.717) is 0 Å². The van der Waals surface area contributed by atoms with Gasteiger partial charge in [-0.25, -0.2) is 4.98 Å². The number of hydrogen-bond donors (Lipinski definition) is 3. The Morgan fingerprint density at radius 2 is 1.75 bits per heavy atom. The van der Waals surface area contributed by atoms with Gasteiger partial charge in [-0.05, 0) is 24.3 Å². The average molecular weight is 415 g/mol. The van der Waals surface area contributed by atoms with E-state index in [0.717, 1.165) is 36.0 Å². The number of aromatic nitrogens is 1. The Labute approximate surface area is 162 Å². The van der Waals surface area contributed by atoms with E-state index in [1.54, 1.807) is 0 Å². The molecule has 0 aliphatic carbocycles. The van der Waals surface area contributed by atoms with Gasteiger partial charge in [-0.2, -0.15) is 13.2 Å². The van der Waals surface area contributed by atoms with E-state index in [-0.39, 0.29) is 22.8 Å². The van der Waals surface area contributed by atoms with Gasteiger partial charge in [-0.1, -0.05) is 12.1 Å². The Bertz CT molecular complexity index is 829. The summed E-state index contributed by atoms with van der Waals surface area (Å²) in [6.07, 6.45) is -6.93. The quantitative estimate of drug-likeness (QED) is 0.656. The number of halogens is 3. The maximum absolute atomic E-state index is 12.6. The summed E-state index contributed by atoms with van der Waals surface area (Å²) >= 11 is 1.12. The molecule has 0 spiro atoms. The number of hydrogen-bond acceptors (Lipinski definition) is 7. The van der Waals surface area contributed by atoms with Crippen molar-refractivity contribution in [3.05, 3.63) is 59.4 Å². The van der Waals surface area contributed by atoms with Gasteiger partial charge in [0.05, 0.1) is 17.9 Å². The van der Waals surface area contributed by atoms with Crippen LogP contribution in [-0.2, 0) is 6.18 Å². The molecule has 1 aromatic heterocycles. The molecule has 4 atom stereocenters. The topological polar surface area (TPSA) is 99.9 Å². The van der Waals surface area contributed by atoms with Gasteiger partial charge in [-0.3, -0.25) is 4.79 Å². The molecule has 1 saturated heterocycles. The molecular weight excluding hydrogens is 399 g/mol. The lowest BCUT2D eigenvalue weighted by Crippen LogP contribution is -2.50. The zero-order valence-electron chi connectivity index (χ0n) is 14.2. The summed E-state index contributed by atoms with van der Waals surface area (Å²) in [5, 5.41) is 29.1. The molecule has 6 nitrogen and oxygen atoms in total. The zero-order valence-corrected chi connectivity index (χ0v) is 15.0. The van der Waals surface area contributed by atoms with Crippen LogP contribution in [0.2, 0.25) is 0 Å². The SMILES string of the molecule is O=C(c1ccc(C(F)(F)F)cc1)c1ccc(O[C@@H]2SC[C@@H](O)[C@H](O)[C@H]2O)cn1. The predicted octanol–water partition coefficient (Wildman–Crippen LogP) is 1.87. The minimum atomic E-state index is -4.48. The predicted molar refractivity (Wildman–Crippen MR) is 94.0 cm³/mol. The molecule has 150 valence electrons. The van der Waals surface area contributed by atoms with Crippen molar-refractivity contribution in [1.82, 2.24) is 4.98 Å². The number of rotatable bonds is 4. The molecule has 1 aliphatic heterocycles. The van der Waals surface area contributed by atoms with Crippen molar-refractivity contribution in [2.75, 3.05) is 5.75 Å². The number of thioether (sulfide) groups is 1. The van der Waals surface area contributed by atoms with Crippen molar-refractivity contribution in [1.29, 1.82) is 0 Å². The van der Waals surface area contributed by atoms with Crippen LogP contribution in [0.15, 0.2) is 42.6 Å². The first-order chi connectivity index (χ1) is 13.2. The van der Waals surface area contributed by atoms with Crippen LogP contribution in [0.4, 0.5) is 13.2 Å². The lowest BCUT2D eigenvalue weighted by Gasteiger charge is -2.34. The van der Waals surface area contributed by atoms with Crippen molar-refractivity contribution >= 4 is 17.5 Å². The van der Waals surface area contributed by atoms with Crippen molar-refractivity contribution in [3.8, 4) is 5.75 Å². The van der Waals surface area contributed by atoms with E-state index in [2.05, 4.69) is 4.98 Å². The van der Waals surface area contributed by atoms with Crippen LogP contribution in [0.25, 0.3) is 0 Å². The molecule has 1 aliphatic rings. The van der Waals surface area contributed by atoms with Gasteiger partial charge in [0.1, 0.15) is 23.7 Å². The summed E-state index contributed by atoms with van der Waals surface area (Å²) in [5.41, 5.74) is -1.60. The molecule has 0 saturated carbocycles. The normalized spacial score (nSPS) is 25.4. The second-order valence-electron chi connectivity index (χ2n) is 6.15. The van der Waals surface area contributed by atoms with E-state index in [9.17, 15) is 33.3 Å². The zero-order chi connectivity index (χ0) is 20.5. The second-order valence-corrected chi connectivity index (χ2v) is 7.28. The summed E-state index contributed by atoms with van der Waals surface area (Å²) < 4.78 is 43.3. The van der Waals surface area contributed by atoms with Crippen molar-refractivity contribution < 1.29 is 38.0 Å². The van der Waals surface area contributed by atoms with Gasteiger partial charge in [0.2, 0.25) is 5.78 Å². The number of aliphatic hydroxyl groups excluding tert-OH is 3. The minimum absolute atomic E-state index is 0.0133. The third-order valence-corrected chi connectivity index (χ3v) is 5.39. The number of aliphatic hydroxyl groups is 3. The van der Waals surface area contributed by atoms with Crippen molar-refractivity contribution in [2.24, 2.45) is 0 Å². The largest absolute Gasteiger partial charge is 0.475 e. The highest BCUT2D eigenvalue weighted by Crippen LogP contribution is 2.30. The van der Waals surface area contributed by atoms with Crippen LogP contribution in [0.5, 0.6) is 5.75 Å². The van der Waals surface area contributed by atoms with Crippen molar-refractivity contribution in [2.45, 2.75) is 29.9 Å². The van der Waals surface area contributed by atoms with Crippen LogP contribution in [-0.4, -0.2) is 55.6 Å². The number of alkyl halides is 3. The monoisotopic (exact) mass is 415 g/mol. The Hall–Kier alpha value is -2.14. The van der Waals surface area contributed by atoms with E-state index in [4.69, 9.17) is 4.74 Å². The summed E-state index contributed by atoms with van der Waals surface area (Å²) in [5.74, 6) is -0.143. The Balaban J connectivity index is 1.68. The minimum Gasteiger partial charge on any atom is -0.475 e. The van der Waals surface area contributed by atoms with Crippen LogP contribution in [0, 0.1) is 0 Å². The molecule has 0 amide bonds.